The molecule has 0 aliphatic carbocycles. The van der Waals surface area contributed by atoms with E-state index in [0.29, 0.717) is 11.3 Å². The first-order valence-electron chi connectivity index (χ1n) is 11.5. The first-order valence-corrected chi connectivity index (χ1v) is 13.0. The van der Waals surface area contributed by atoms with E-state index in [2.05, 4.69) is 10.0 Å². The van der Waals surface area contributed by atoms with Crippen molar-refractivity contribution in [3.63, 3.8) is 0 Å². The van der Waals surface area contributed by atoms with Gasteiger partial charge in [-0.15, -0.1) is 0 Å². The normalized spacial score (nSPS) is 13.0. The number of esters is 1. The number of fused-ring (bicyclic) bond motifs is 1. The molecule has 0 fully saturated rings. The number of sulfonamides is 1. The van der Waals surface area contributed by atoms with E-state index in [1.54, 1.807) is 42.5 Å². The van der Waals surface area contributed by atoms with Crippen LogP contribution in [0.4, 0.5) is 10.1 Å². The second-order valence-corrected chi connectivity index (χ2v) is 10.1. The molecule has 0 radical (unpaired) electrons. The molecule has 1 amide bonds. The summed E-state index contributed by atoms with van der Waals surface area (Å²) in [5.41, 5.74) is 1.17. The lowest BCUT2D eigenvalue weighted by molar-refractivity contribution is -0.154. The summed E-state index contributed by atoms with van der Waals surface area (Å²) in [6.45, 7) is 1.39. The summed E-state index contributed by atoms with van der Waals surface area (Å²) in [6.07, 6.45) is -1.29. The molecule has 0 aromatic heterocycles. The highest BCUT2D eigenvalue weighted by atomic mass is 32.2. The lowest BCUT2D eigenvalue weighted by Crippen LogP contribution is -2.45. The topological polar surface area (TPSA) is 102 Å². The zero-order valence-electron chi connectivity index (χ0n) is 19.9. The van der Waals surface area contributed by atoms with Gasteiger partial charge in [0.25, 0.3) is 5.91 Å². The van der Waals surface area contributed by atoms with Crippen LogP contribution >= 0.6 is 0 Å². The van der Waals surface area contributed by atoms with Gasteiger partial charge < -0.3 is 10.1 Å². The van der Waals surface area contributed by atoms with Crippen molar-refractivity contribution in [2.24, 2.45) is 0 Å². The molecule has 2 atom stereocenters. The minimum atomic E-state index is -4.41. The molecular weight excluding hydrogens is 495 g/mol. The maximum Gasteiger partial charge on any atom is 0.325 e. The predicted octanol–water partition coefficient (Wildman–Crippen LogP) is 4.44. The third-order valence-electron chi connectivity index (χ3n) is 5.67. The molecule has 0 aliphatic rings. The number of anilines is 1. The average molecular weight is 521 g/mol. The fourth-order valence-corrected chi connectivity index (χ4v) is 5.02. The minimum Gasteiger partial charge on any atom is -0.451 e. The van der Waals surface area contributed by atoms with Crippen LogP contribution in [-0.2, 0) is 30.8 Å². The lowest BCUT2D eigenvalue weighted by atomic mass is 10.1. The van der Waals surface area contributed by atoms with Gasteiger partial charge in [0, 0.05) is 5.69 Å². The molecule has 4 rings (SSSR count). The summed E-state index contributed by atoms with van der Waals surface area (Å²) in [5, 5.41) is 4.64. The van der Waals surface area contributed by atoms with Gasteiger partial charge in [-0.25, -0.2) is 12.8 Å². The van der Waals surface area contributed by atoms with Crippen LogP contribution in [0.3, 0.4) is 0 Å². The second-order valence-electron chi connectivity index (χ2n) is 8.42. The van der Waals surface area contributed by atoms with Gasteiger partial charge in [0.1, 0.15) is 16.8 Å². The zero-order valence-corrected chi connectivity index (χ0v) is 20.7. The molecule has 4 aromatic carbocycles. The van der Waals surface area contributed by atoms with E-state index >= 15 is 0 Å². The molecule has 9 heteroatoms. The SMILES string of the molecule is C[C@@H](OC(=O)[C@H](Cc1ccccc1)NS(=O)(=O)c1ccccc1F)C(=O)Nc1ccc2ccccc2c1. The van der Waals surface area contributed by atoms with Crippen LogP contribution in [0.15, 0.2) is 102 Å². The van der Waals surface area contributed by atoms with Crippen molar-refractivity contribution in [3.8, 4) is 0 Å². The Morgan fingerprint density at radius 2 is 1.51 bits per heavy atom. The second kappa shape index (κ2) is 11.3. The van der Waals surface area contributed by atoms with E-state index < -0.39 is 44.8 Å². The molecule has 0 aliphatic heterocycles. The molecule has 4 aromatic rings. The molecular formula is C28H25FN2O5S. The molecule has 0 saturated carbocycles. The van der Waals surface area contributed by atoms with Gasteiger partial charge in [0.05, 0.1) is 0 Å². The standard InChI is InChI=1S/C28H25FN2O5S/c1-19(27(32)30-23-16-15-21-11-5-6-12-22(21)18-23)36-28(33)25(17-20-9-3-2-4-10-20)31-37(34,35)26-14-8-7-13-24(26)29/h2-16,18-19,25,31H,17H2,1H3,(H,30,32)/t19-,25+/m1/s1. The van der Waals surface area contributed by atoms with E-state index in [1.165, 1.54) is 19.1 Å². The molecule has 37 heavy (non-hydrogen) atoms. The van der Waals surface area contributed by atoms with Crippen molar-refractivity contribution in [3.05, 3.63) is 108 Å². The highest BCUT2D eigenvalue weighted by molar-refractivity contribution is 7.89. The largest absolute Gasteiger partial charge is 0.451 e. The summed E-state index contributed by atoms with van der Waals surface area (Å²) < 4.78 is 47.6. The monoisotopic (exact) mass is 520 g/mol. The van der Waals surface area contributed by atoms with Gasteiger partial charge in [0.15, 0.2) is 6.10 Å². The molecule has 0 heterocycles. The number of benzene rings is 4. The molecule has 0 bridgehead atoms. The number of nitrogens with one attached hydrogen (secondary N) is 2. The van der Waals surface area contributed by atoms with E-state index in [0.717, 1.165) is 22.9 Å². The van der Waals surface area contributed by atoms with E-state index in [-0.39, 0.29) is 6.42 Å². The Bertz CT molecular complexity index is 1530. The summed E-state index contributed by atoms with van der Waals surface area (Å²) in [6, 6.07) is 25.2. The number of carbonyl (C=O) groups excluding carboxylic acids is 2. The van der Waals surface area contributed by atoms with Crippen molar-refractivity contribution in [2.45, 2.75) is 30.4 Å². The highest BCUT2D eigenvalue weighted by Gasteiger charge is 2.31. The Kier molecular flexibility index (Phi) is 7.95. The van der Waals surface area contributed by atoms with Crippen LogP contribution in [0.25, 0.3) is 10.8 Å². The van der Waals surface area contributed by atoms with Crippen LogP contribution in [0.5, 0.6) is 0 Å². The lowest BCUT2D eigenvalue weighted by Gasteiger charge is -2.21. The van der Waals surface area contributed by atoms with E-state index in [1.807, 2.05) is 30.3 Å². The van der Waals surface area contributed by atoms with E-state index in [4.69, 9.17) is 4.74 Å². The number of ether oxygens (including phenoxy) is 1. The fraction of sp³-hybridized carbons (Fsp3) is 0.143. The molecule has 0 unspecified atom stereocenters. The number of hydrogen-bond donors (Lipinski definition) is 2. The number of amides is 1. The van der Waals surface area contributed by atoms with Crippen LogP contribution in [0, 0.1) is 5.82 Å². The number of halogens is 1. The van der Waals surface area contributed by atoms with Crippen LogP contribution in [0.2, 0.25) is 0 Å². The Morgan fingerprint density at radius 1 is 0.865 bits per heavy atom. The molecule has 0 spiro atoms. The van der Waals surface area contributed by atoms with E-state index in [9.17, 15) is 22.4 Å². The maximum atomic E-state index is 14.2. The van der Waals surface area contributed by atoms with Crippen LogP contribution in [-0.4, -0.2) is 32.4 Å². The van der Waals surface area contributed by atoms with Crippen molar-refractivity contribution in [2.75, 3.05) is 5.32 Å². The molecule has 2 N–H and O–H groups in total. The van der Waals surface area contributed by atoms with Gasteiger partial charge in [-0.3, -0.25) is 9.59 Å². The summed E-state index contributed by atoms with van der Waals surface area (Å²) in [4.78, 5) is 25.2. The third-order valence-corrected chi connectivity index (χ3v) is 7.17. The first kappa shape index (κ1) is 26.0. The Labute approximate surface area is 214 Å². The Morgan fingerprint density at radius 3 is 2.24 bits per heavy atom. The zero-order chi connectivity index (χ0) is 26.4. The third kappa shape index (κ3) is 6.58. The number of rotatable bonds is 9. The highest BCUT2D eigenvalue weighted by Crippen LogP contribution is 2.20. The van der Waals surface area contributed by atoms with Gasteiger partial charge in [-0.1, -0.05) is 72.8 Å². The molecule has 190 valence electrons. The van der Waals surface area contributed by atoms with Crippen molar-refractivity contribution >= 4 is 38.4 Å². The van der Waals surface area contributed by atoms with Gasteiger partial charge in [-0.05, 0) is 53.9 Å². The predicted molar refractivity (Wildman–Crippen MR) is 139 cm³/mol. The fourth-order valence-electron chi connectivity index (χ4n) is 3.76. The van der Waals surface area contributed by atoms with Crippen LogP contribution < -0.4 is 10.0 Å². The van der Waals surface area contributed by atoms with Gasteiger partial charge >= 0.3 is 5.97 Å². The van der Waals surface area contributed by atoms with Crippen molar-refractivity contribution in [1.29, 1.82) is 0 Å². The molecule has 0 saturated heterocycles. The molecule has 7 nitrogen and oxygen atoms in total. The Hall–Kier alpha value is -4.08. The van der Waals surface area contributed by atoms with Gasteiger partial charge in [-0.2, -0.15) is 4.72 Å². The summed E-state index contributed by atoms with van der Waals surface area (Å²) >= 11 is 0. The summed E-state index contributed by atoms with van der Waals surface area (Å²) in [5.74, 6) is -2.51. The van der Waals surface area contributed by atoms with Crippen LogP contribution in [0.1, 0.15) is 12.5 Å². The quantitative estimate of drug-likeness (QED) is 0.318. The smallest absolute Gasteiger partial charge is 0.325 e. The summed E-state index contributed by atoms with van der Waals surface area (Å²) in [7, 11) is -4.41. The average Bonchev–Trinajstić information content (AvgIpc) is 2.88. The minimum absolute atomic E-state index is 0.0631. The van der Waals surface area contributed by atoms with Gasteiger partial charge in [0.2, 0.25) is 10.0 Å². The van der Waals surface area contributed by atoms with Crippen molar-refractivity contribution in [1.82, 2.24) is 4.72 Å². The number of hydrogen-bond acceptors (Lipinski definition) is 5. The van der Waals surface area contributed by atoms with Crippen molar-refractivity contribution < 1.29 is 27.1 Å². The Balaban J connectivity index is 1.49. The maximum absolute atomic E-state index is 14.2. The first-order chi connectivity index (χ1) is 17.7. The number of carbonyl (C=O) groups is 2.